The number of halogens is 1. The summed E-state index contributed by atoms with van der Waals surface area (Å²) in [5, 5.41) is 3.20. The van der Waals surface area contributed by atoms with Crippen LogP contribution in [0.3, 0.4) is 0 Å². The number of piperazine rings is 1. The van der Waals surface area contributed by atoms with E-state index in [1.54, 1.807) is 11.0 Å². The SMILES string of the molecule is COc1cccc(F)c1C(=O)N1CCNCC1C. The Balaban J connectivity index is 2.33. The van der Waals surface area contributed by atoms with Crippen molar-refractivity contribution in [1.82, 2.24) is 10.2 Å². The maximum atomic E-state index is 13.8. The molecule has 0 aliphatic carbocycles. The van der Waals surface area contributed by atoms with Crippen molar-refractivity contribution in [2.24, 2.45) is 0 Å². The molecule has 2 rings (SSSR count). The molecule has 4 nitrogen and oxygen atoms in total. The van der Waals surface area contributed by atoms with E-state index in [1.165, 1.54) is 19.2 Å². The molecule has 5 heteroatoms. The van der Waals surface area contributed by atoms with E-state index in [4.69, 9.17) is 4.74 Å². The molecule has 1 unspecified atom stereocenters. The molecule has 1 fully saturated rings. The molecule has 1 N–H and O–H groups in total. The molecule has 1 aromatic carbocycles. The minimum atomic E-state index is -0.537. The zero-order chi connectivity index (χ0) is 13.1. The fourth-order valence-corrected chi connectivity index (χ4v) is 2.17. The number of nitrogens with one attached hydrogen (secondary N) is 1. The van der Waals surface area contributed by atoms with Gasteiger partial charge in [-0.1, -0.05) is 6.07 Å². The zero-order valence-electron chi connectivity index (χ0n) is 10.6. The number of ether oxygens (including phenoxy) is 1. The van der Waals surface area contributed by atoms with Crippen molar-refractivity contribution in [3.8, 4) is 5.75 Å². The number of methoxy groups -OCH3 is 1. The van der Waals surface area contributed by atoms with E-state index < -0.39 is 5.82 Å². The Hall–Kier alpha value is -1.62. The Morgan fingerprint density at radius 3 is 3.00 bits per heavy atom. The van der Waals surface area contributed by atoms with Gasteiger partial charge in [0, 0.05) is 25.7 Å². The average Bonchev–Trinajstić information content (AvgIpc) is 2.38. The first-order chi connectivity index (χ1) is 8.65. The monoisotopic (exact) mass is 252 g/mol. The molecule has 0 saturated carbocycles. The van der Waals surface area contributed by atoms with Gasteiger partial charge in [0.15, 0.2) is 0 Å². The molecule has 1 heterocycles. The molecule has 98 valence electrons. The summed E-state index contributed by atoms with van der Waals surface area (Å²) in [5.74, 6) is -0.560. The van der Waals surface area contributed by atoms with Crippen molar-refractivity contribution < 1.29 is 13.9 Å². The normalized spacial score (nSPS) is 19.7. The Labute approximate surface area is 106 Å². The minimum absolute atomic E-state index is 0.0220. The number of carbonyl (C=O) groups is 1. The highest BCUT2D eigenvalue weighted by Gasteiger charge is 2.28. The summed E-state index contributed by atoms with van der Waals surface area (Å²) in [5.41, 5.74) is 0.0220. The number of nitrogens with zero attached hydrogens (tertiary/aromatic N) is 1. The van der Waals surface area contributed by atoms with Crippen LogP contribution in [-0.2, 0) is 0 Å². The van der Waals surface area contributed by atoms with Crippen LogP contribution in [-0.4, -0.2) is 43.6 Å². The van der Waals surface area contributed by atoms with Crippen LogP contribution in [0, 0.1) is 5.82 Å². The van der Waals surface area contributed by atoms with Gasteiger partial charge in [0.2, 0.25) is 0 Å². The third kappa shape index (κ3) is 2.31. The second-order valence-corrected chi connectivity index (χ2v) is 4.37. The van der Waals surface area contributed by atoms with Crippen LogP contribution in [0.5, 0.6) is 5.75 Å². The maximum Gasteiger partial charge on any atom is 0.260 e. The molecule has 1 aromatic rings. The van der Waals surface area contributed by atoms with E-state index in [0.717, 1.165) is 13.1 Å². The largest absolute Gasteiger partial charge is 0.496 e. The lowest BCUT2D eigenvalue weighted by atomic mass is 10.1. The van der Waals surface area contributed by atoms with Crippen molar-refractivity contribution in [1.29, 1.82) is 0 Å². The van der Waals surface area contributed by atoms with E-state index in [-0.39, 0.29) is 23.3 Å². The predicted molar refractivity (Wildman–Crippen MR) is 66.3 cm³/mol. The average molecular weight is 252 g/mol. The van der Waals surface area contributed by atoms with Crippen LogP contribution >= 0.6 is 0 Å². The number of rotatable bonds is 2. The molecule has 1 aliphatic rings. The van der Waals surface area contributed by atoms with Crippen molar-refractivity contribution in [2.45, 2.75) is 13.0 Å². The van der Waals surface area contributed by atoms with Gasteiger partial charge >= 0.3 is 0 Å². The maximum absolute atomic E-state index is 13.8. The van der Waals surface area contributed by atoms with Gasteiger partial charge in [-0.3, -0.25) is 4.79 Å². The topological polar surface area (TPSA) is 41.6 Å². The molecular formula is C13H17FN2O2. The highest BCUT2D eigenvalue weighted by atomic mass is 19.1. The summed E-state index contributed by atoms with van der Waals surface area (Å²) in [7, 11) is 1.44. The third-order valence-electron chi connectivity index (χ3n) is 3.17. The quantitative estimate of drug-likeness (QED) is 0.861. The summed E-state index contributed by atoms with van der Waals surface area (Å²) in [6.45, 7) is 3.98. The van der Waals surface area contributed by atoms with Crippen LogP contribution < -0.4 is 10.1 Å². The van der Waals surface area contributed by atoms with Crippen molar-refractivity contribution in [2.75, 3.05) is 26.7 Å². The number of hydrogen-bond acceptors (Lipinski definition) is 3. The second kappa shape index (κ2) is 5.35. The van der Waals surface area contributed by atoms with Crippen LogP contribution in [0.2, 0.25) is 0 Å². The standard InChI is InChI=1S/C13H17FN2O2/c1-9-8-15-6-7-16(9)13(17)12-10(14)4-3-5-11(12)18-2/h3-5,9,15H,6-8H2,1-2H3. The molecule has 18 heavy (non-hydrogen) atoms. The second-order valence-electron chi connectivity index (χ2n) is 4.37. The molecule has 1 aliphatic heterocycles. The Bertz CT molecular complexity index is 451. The number of amides is 1. The summed E-state index contributed by atoms with van der Waals surface area (Å²) in [4.78, 5) is 14.1. The fraction of sp³-hybridized carbons (Fsp3) is 0.462. The van der Waals surface area contributed by atoms with Crippen LogP contribution in [0.15, 0.2) is 18.2 Å². The van der Waals surface area contributed by atoms with Crippen LogP contribution in [0.4, 0.5) is 4.39 Å². The molecule has 0 aromatic heterocycles. The lowest BCUT2D eigenvalue weighted by Gasteiger charge is -2.34. The molecule has 0 spiro atoms. The Morgan fingerprint density at radius 1 is 1.56 bits per heavy atom. The van der Waals surface area contributed by atoms with Crippen molar-refractivity contribution >= 4 is 5.91 Å². The number of benzene rings is 1. The van der Waals surface area contributed by atoms with Crippen molar-refractivity contribution in [3.05, 3.63) is 29.6 Å². The predicted octanol–water partition coefficient (Wildman–Crippen LogP) is 1.27. The highest BCUT2D eigenvalue weighted by molar-refractivity contribution is 5.97. The van der Waals surface area contributed by atoms with E-state index in [1.807, 2.05) is 6.92 Å². The minimum Gasteiger partial charge on any atom is -0.496 e. The number of carbonyl (C=O) groups excluding carboxylic acids is 1. The Kier molecular flexibility index (Phi) is 3.81. The molecule has 0 bridgehead atoms. The fourth-order valence-electron chi connectivity index (χ4n) is 2.17. The first kappa shape index (κ1) is 12.8. The lowest BCUT2D eigenvalue weighted by molar-refractivity contribution is 0.0647. The first-order valence-corrected chi connectivity index (χ1v) is 5.99. The molecule has 0 radical (unpaired) electrons. The summed E-state index contributed by atoms with van der Waals surface area (Å²) in [6, 6.07) is 4.47. The smallest absolute Gasteiger partial charge is 0.260 e. The first-order valence-electron chi connectivity index (χ1n) is 5.99. The van der Waals surface area contributed by atoms with E-state index >= 15 is 0 Å². The molecule has 1 saturated heterocycles. The third-order valence-corrected chi connectivity index (χ3v) is 3.17. The van der Waals surface area contributed by atoms with E-state index in [9.17, 15) is 9.18 Å². The van der Waals surface area contributed by atoms with Gasteiger partial charge in [-0.25, -0.2) is 4.39 Å². The highest BCUT2D eigenvalue weighted by Crippen LogP contribution is 2.24. The lowest BCUT2D eigenvalue weighted by Crippen LogP contribution is -2.52. The van der Waals surface area contributed by atoms with Gasteiger partial charge in [0.25, 0.3) is 5.91 Å². The van der Waals surface area contributed by atoms with Gasteiger partial charge < -0.3 is 15.0 Å². The Morgan fingerprint density at radius 2 is 2.33 bits per heavy atom. The molecule has 1 atom stereocenters. The van der Waals surface area contributed by atoms with E-state index in [0.29, 0.717) is 6.54 Å². The van der Waals surface area contributed by atoms with E-state index in [2.05, 4.69) is 5.32 Å². The zero-order valence-corrected chi connectivity index (χ0v) is 10.6. The van der Waals surface area contributed by atoms with Gasteiger partial charge in [0.05, 0.1) is 7.11 Å². The summed E-state index contributed by atoms with van der Waals surface area (Å²) >= 11 is 0. The van der Waals surface area contributed by atoms with Crippen molar-refractivity contribution in [3.63, 3.8) is 0 Å². The van der Waals surface area contributed by atoms with Gasteiger partial charge in [-0.05, 0) is 19.1 Å². The van der Waals surface area contributed by atoms with Crippen LogP contribution in [0.1, 0.15) is 17.3 Å². The summed E-state index contributed by atoms with van der Waals surface area (Å²) in [6.07, 6.45) is 0. The summed E-state index contributed by atoms with van der Waals surface area (Å²) < 4.78 is 18.9. The van der Waals surface area contributed by atoms with Gasteiger partial charge in [-0.15, -0.1) is 0 Å². The van der Waals surface area contributed by atoms with Gasteiger partial charge in [0.1, 0.15) is 17.1 Å². The van der Waals surface area contributed by atoms with Gasteiger partial charge in [-0.2, -0.15) is 0 Å². The number of hydrogen-bond donors (Lipinski definition) is 1. The molecular weight excluding hydrogens is 235 g/mol. The van der Waals surface area contributed by atoms with Crippen LogP contribution in [0.25, 0.3) is 0 Å². The molecule has 1 amide bonds.